The molecule has 154 valence electrons. The highest BCUT2D eigenvalue weighted by Crippen LogP contribution is 2.25. The van der Waals surface area contributed by atoms with E-state index in [1.807, 2.05) is 24.3 Å². The average molecular weight is 441 g/mol. The summed E-state index contributed by atoms with van der Waals surface area (Å²) in [6.07, 6.45) is 0. The van der Waals surface area contributed by atoms with E-state index in [-0.39, 0.29) is 17.8 Å². The number of carbonyl (C=O) groups is 2. The summed E-state index contributed by atoms with van der Waals surface area (Å²) >= 11 is 7.30. The average Bonchev–Trinajstić information content (AvgIpc) is 2.74. The Balaban J connectivity index is 1.67. The fraction of sp³-hybridized carbons (Fsp3) is 0.130. The Morgan fingerprint density at radius 3 is 2.33 bits per heavy atom. The number of thioether (sulfide) groups is 1. The third-order valence-electron chi connectivity index (χ3n) is 4.16. The number of ether oxygens (including phenoxy) is 1. The van der Waals surface area contributed by atoms with Crippen molar-refractivity contribution in [3.05, 3.63) is 88.9 Å². The molecule has 0 aliphatic rings. The van der Waals surface area contributed by atoms with E-state index in [2.05, 4.69) is 5.32 Å². The van der Waals surface area contributed by atoms with Gasteiger partial charge >= 0.3 is 0 Å². The predicted octanol–water partition coefficient (Wildman–Crippen LogP) is 5.95. The quantitative estimate of drug-likeness (QED) is 0.481. The van der Waals surface area contributed by atoms with Gasteiger partial charge in [-0.1, -0.05) is 41.9 Å². The maximum Gasteiger partial charge on any atom is 0.285 e. The number of para-hydroxylation sites is 1. The van der Waals surface area contributed by atoms with Crippen molar-refractivity contribution < 1.29 is 14.3 Å². The number of amides is 2. The summed E-state index contributed by atoms with van der Waals surface area (Å²) in [6, 6.07) is 21.6. The maximum atomic E-state index is 12.8. The van der Waals surface area contributed by atoms with Crippen molar-refractivity contribution in [1.82, 2.24) is 4.90 Å². The van der Waals surface area contributed by atoms with Gasteiger partial charge in [-0.05, 0) is 54.2 Å². The number of halogens is 1. The van der Waals surface area contributed by atoms with Gasteiger partial charge in [-0.3, -0.25) is 9.59 Å². The lowest BCUT2D eigenvalue weighted by atomic mass is 10.1. The zero-order valence-corrected chi connectivity index (χ0v) is 18.2. The van der Waals surface area contributed by atoms with E-state index in [9.17, 15) is 9.59 Å². The van der Waals surface area contributed by atoms with Gasteiger partial charge in [0.25, 0.3) is 11.1 Å². The number of carbonyl (C=O) groups excluding carboxylic acids is 2. The van der Waals surface area contributed by atoms with Crippen molar-refractivity contribution >= 4 is 40.2 Å². The molecule has 0 heterocycles. The predicted molar refractivity (Wildman–Crippen MR) is 122 cm³/mol. The van der Waals surface area contributed by atoms with Crippen LogP contribution in [0.5, 0.6) is 5.75 Å². The Morgan fingerprint density at radius 2 is 1.63 bits per heavy atom. The number of hydrogen-bond donors (Lipinski definition) is 1. The molecule has 0 bridgehead atoms. The first-order valence-corrected chi connectivity index (χ1v) is 10.4. The molecule has 7 heteroatoms. The minimum Gasteiger partial charge on any atom is -0.488 e. The van der Waals surface area contributed by atoms with E-state index in [0.717, 1.165) is 22.2 Å². The van der Waals surface area contributed by atoms with Gasteiger partial charge in [0, 0.05) is 35.3 Å². The van der Waals surface area contributed by atoms with E-state index in [4.69, 9.17) is 16.3 Å². The molecule has 0 fully saturated rings. The fourth-order valence-corrected chi connectivity index (χ4v) is 3.39. The number of rotatable bonds is 6. The number of nitrogens with zero attached hydrogens (tertiary/aromatic N) is 1. The van der Waals surface area contributed by atoms with Crippen molar-refractivity contribution in [1.29, 1.82) is 0 Å². The van der Waals surface area contributed by atoms with Crippen molar-refractivity contribution in [2.75, 3.05) is 19.4 Å². The highest BCUT2D eigenvalue weighted by atomic mass is 35.5. The van der Waals surface area contributed by atoms with E-state index < -0.39 is 0 Å². The molecule has 3 aromatic carbocycles. The fourth-order valence-electron chi connectivity index (χ4n) is 2.55. The summed E-state index contributed by atoms with van der Waals surface area (Å²) in [5, 5.41) is 3.42. The Kier molecular flexibility index (Phi) is 7.38. The molecule has 0 unspecified atom stereocenters. The van der Waals surface area contributed by atoms with Crippen molar-refractivity contribution in [3.63, 3.8) is 0 Å². The second-order valence-corrected chi connectivity index (χ2v) is 8.05. The first-order valence-electron chi connectivity index (χ1n) is 9.20. The van der Waals surface area contributed by atoms with Crippen LogP contribution in [0.3, 0.4) is 0 Å². The molecule has 3 rings (SSSR count). The van der Waals surface area contributed by atoms with Gasteiger partial charge in [0.05, 0.1) is 5.56 Å². The molecular formula is C23H21ClN2O3S. The summed E-state index contributed by atoms with van der Waals surface area (Å²) in [5.74, 6) is 0.188. The molecule has 3 aromatic rings. The Hall–Kier alpha value is -2.96. The van der Waals surface area contributed by atoms with Crippen LogP contribution in [0.25, 0.3) is 0 Å². The summed E-state index contributed by atoms with van der Waals surface area (Å²) in [5.41, 5.74) is 1.89. The monoisotopic (exact) mass is 440 g/mol. The molecule has 1 N–H and O–H groups in total. The largest absolute Gasteiger partial charge is 0.488 e. The number of benzene rings is 3. The molecule has 5 nitrogen and oxygen atoms in total. The molecular weight excluding hydrogens is 420 g/mol. The molecule has 0 radical (unpaired) electrons. The number of anilines is 1. The second-order valence-electron chi connectivity index (χ2n) is 6.62. The first kappa shape index (κ1) is 21.7. The second kappa shape index (κ2) is 10.2. The van der Waals surface area contributed by atoms with Crippen LogP contribution in [0, 0.1) is 0 Å². The van der Waals surface area contributed by atoms with Crippen LogP contribution in [-0.4, -0.2) is 30.1 Å². The number of nitrogens with one attached hydrogen (secondary N) is 1. The SMILES string of the molecule is CN(C)C(=O)Sc1ccc(NC(=O)c2ccccc2OCc2ccccc2Cl)cc1. The zero-order valence-electron chi connectivity index (χ0n) is 16.6. The lowest BCUT2D eigenvalue weighted by molar-refractivity contribution is 0.102. The third-order valence-corrected chi connectivity index (χ3v) is 5.57. The van der Waals surface area contributed by atoms with Crippen molar-refractivity contribution in [2.45, 2.75) is 11.5 Å². The molecule has 0 saturated heterocycles. The number of hydrogen-bond acceptors (Lipinski definition) is 4. The standard InChI is InChI=1S/C23H21ClN2O3S/c1-26(2)23(28)30-18-13-11-17(12-14-18)25-22(27)19-8-4-6-10-21(19)29-15-16-7-3-5-9-20(16)24/h3-14H,15H2,1-2H3,(H,25,27). The topological polar surface area (TPSA) is 58.6 Å². The van der Waals surface area contributed by atoms with Crippen molar-refractivity contribution in [3.8, 4) is 5.75 Å². The van der Waals surface area contributed by atoms with Crippen LogP contribution in [-0.2, 0) is 6.61 Å². The highest BCUT2D eigenvalue weighted by molar-refractivity contribution is 8.13. The van der Waals surface area contributed by atoms with Crippen LogP contribution in [0.2, 0.25) is 5.02 Å². The minimum absolute atomic E-state index is 0.0589. The minimum atomic E-state index is -0.283. The highest BCUT2D eigenvalue weighted by Gasteiger charge is 2.13. The Morgan fingerprint density at radius 1 is 0.967 bits per heavy atom. The summed E-state index contributed by atoms with van der Waals surface area (Å²) in [6.45, 7) is 0.260. The summed E-state index contributed by atoms with van der Waals surface area (Å²) < 4.78 is 5.86. The lowest BCUT2D eigenvalue weighted by Crippen LogP contribution is -2.16. The molecule has 0 atom stereocenters. The van der Waals surface area contributed by atoms with Gasteiger partial charge in [0.2, 0.25) is 0 Å². The van der Waals surface area contributed by atoms with Gasteiger partial charge in [0.1, 0.15) is 12.4 Å². The summed E-state index contributed by atoms with van der Waals surface area (Å²) in [4.78, 5) is 26.9. The van der Waals surface area contributed by atoms with Gasteiger partial charge in [-0.2, -0.15) is 0 Å². The van der Waals surface area contributed by atoms with Gasteiger partial charge in [0.15, 0.2) is 0 Å². The van der Waals surface area contributed by atoms with Gasteiger partial charge in [-0.15, -0.1) is 0 Å². The van der Waals surface area contributed by atoms with Crippen LogP contribution >= 0.6 is 23.4 Å². The normalized spacial score (nSPS) is 10.4. The third kappa shape index (κ3) is 5.78. The Labute approximate surface area is 185 Å². The zero-order chi connectivity index (χ0) is 21.5. The maximum absolute atomic E-state index is 12.8. The van der Waals surface area contributed by atoms with E-state index in [0.29, 0.717) is 22.0 Å². The van der Waals surface area contributed by atoms with Crippen LogP contribution in [0.4, 0.5) is 10.5 Å². The molecule has 0 spiro atoms. The molecule has 0 saturated carbocycles. The first-order chi connectivity index (χ1) is 14.4. The molecule has 0 aromatic heterocycles. The lowest BCUT2D eigenvalue weighted by Gasteiger charge is -2.13. The van der Waals surface area contributed by atoms with E-state index in [1.165, 1.54) is 4.90 Å². The van der Waals surface area contributed by atoms with Crippen LogP contribution < -0.4 is 10.1 Å². The van der Waals surface area contributed by atoms with E-state index >= 15 is 0 Å². The smallest absolute Gasteiger partial charge is 0.285 e. The van der Waals surface area contributed by atoms with Gasteiger partial charge < -0.3 is 15.0 Å². The summed E-state index contributed by atoms with van der Waals surface area (Å²) in [7, 11) is 3.41. The molecule has 30 heavy (non-hydrogen) atoms. The molecule has 0 aliphatic carbocycles. The molecule has 2 amide bonds. The van der Waals surface area contributed by atoms with Crippen molar-refractivity contribution in [2.24, 2.45) is 0 Å². The van der Waals surface area contributed by atoms with Crippen LogP contribution in [0.1, 0.15) is 15.9 Å². The Bertz CT molecular complexity index is 1040. The van der Waals surface area contributed by atoms with Gasteiger partial charge in [-0.25, -0.2) is 0 Å². The van der Waals surface area contributed by atoms with Crippen LogP contribution in [0.15, 0.2) is 77.7 Å². The molecule has 0 aliphatic heterocycles. The van der Waals surface area contributed by atoms with E-state index in [1.54, 1.807) is 62.6 Å².